The molecule has 0 bridgehead atoms. The second-order valence-corrected chi connectivity index (χ2v) is 5.10. The first-order valence-electron chi connectivity index (χ1n) is 7.54. The third-order valence-electron chi connectivity index (χ3n) is 3.52. The fraction of sp³-hybridized carbons (Fsp3) is 0.500. The molecule has 1 aromatic rings. The molecule has 22 heavy (non-hydrogen) atoms. The maximum atomic E-state index is 12.0. The molecule has 1 aliphatic rings. The van der Waals surface area contributed by atoms with Crippen LogP contribution >= 0.6 is 0 Å². The Kier molecular flexibility index (Phi) is 6.86. The zero-order valence-electron chi connectivity index (χ0n) is 13.0. The van der Waals surface area contributed by atoms with Crippen LogP contribution in [0.3, 0.4) is 0 Å². The lowest BCUT2D eigenvalue weighted by Gasteiger charge is -2.26. The number of ether oxygens (including phenoxy) is 1. The van der Waals surface area contributed by atoms with E-state index in [0.717, 1.165) is 44.8 Å². The molecule has 1 fully saturated rings. The summed E-state index contributed by atoms with van der Waals surface area (Å²) in [6.07, 6.45) is 2.55. The van der Waals surface area contributed by atoms with Gasteiger partial charge in [-0.2, -0.15) is 0 Å². The Morgan fingerprint density at radius 1 is 1.36 bits per heavy atom. The molecular weight excluding hydrogens is 282 g/mol. The highest BCUT2D eigenvalue weighted by Crippen LogP contribution is 2.03. The van der Waals surface area contributed by atoms with Crippen molar-refractivity contribution in [1.82, 2.24) is 10.2 Å². The number of carbonyl (C=O) groups excluding carboxylic acids is 1. The molecular formula is C16H23N3O3. The predicted octanol–water partition coefficient (Wildman–Crippen LogP) is 1.12. The number of nitrogens with one attached hydrogen (secondary N) is 1. The maximum absolute atomic E-state index is 12.0. The Morgan fingerprint density at radius 2 is 2.09 bits per heavy atom. The minimum Gasteiger partial charge on any atom is -0.399 e. The van der Waals surface area contributed by atoms with E-state index in [2.05, 4.69) is 20.2 Å². The van der Waals surface area contributed by atoms with Gasteiger partial charge in [0.1, 0.15) is 7.11 Å². The number of morpholine rings is 1. The number of carbonyl (C=O) groups is 1. The van der Waals surface area contributed by atoms with E-state index in [0.29, 0.717) is 12.1 Å². The van der Waals surface area contributed by atoms with Crippen LogP contribution in [-0.2, 0) is 9.57 Å². The van der Waals surface area contributed by atoms with Gasteiger partial charge in [0, 0.05) is 25.2 Å². The Labute approximate surface area is 131 Å². The fourth-order valence-electron chi connectivity index (χ4n) is 2.27. The number of amides is 1. The summed E-state index contributed by atoms with van der Waals surface area (Å²) < 4.78 is 5.31. The van der Waals surface area contributed by atoms with Gasteiger partial charge in [-0.3, -0.25) is 9.69 Å². The van der Waals surface area contributed by atoms with E-state index in [9.17, 15) is 4.79 Å². The van der Waals surface area contributed by atoms with Gasteiger partial charge in [-0.25, -0.2) is 0 Å². The van der Waals surface area contributed by atoms with Crippen molar-refractivity contribution < 1.29 is 14.4 Å². The standard InChI is InChI=1S/C16H23N3O3/c1-21-18-13-14-3-5-15(6-4-14)16(20)17-7-2-8-19-9-11-22-12-10-19/h3-6,13H,2,7-12H2,1H3,(H,17,20). The smallest absolute Gasteiger partial charge is 0.251 e. The lowest BCUT2D eigenvalue weighted by atomic mass is 10.1. The van der Waals surface area contributed by atoms with E-state index in [1.807, 2.05) is 12.1 Å². The number of oxime groups is 1. The molecule has 6 heteroatoms. The molecule has 1 N–H and O–H groups in total. The monoisotopic (exact) mass is 305 g/mol. The average Bonchev–Trinajstić information content (AvgIpc) is 2.58. The van der Waals surface area contributed by atoms with Crippen LogP contribution in [0.4, 0.5) is 0 Å². The summed E-state index contributed by atoms with van der Waals surface area (Å²) in [5.74, 6) is -0.0443. The Morgan fingerprint density at radius 3 is 2.77 bits per heavy atom. The molecule has 1 saturated heterocycles. The maximum Gasteiger partial charge on any atom is 0.251 e. The first-order chi connectivity index (χ1) is 10.8. The first kappa shape index (κ1) is 16.5. The summed E-state index contributed by atoms with van der Waals surface area (Å²) in [5, 5.41) is 6.63. The number of hydrogen-bond acceptors (Lipinski definition) is 5. The molecule has 1 heterocycles. The van der Waals surface area contributed by atoms with Gasteiger partial charge in [0.15, 0.2) is 0 Å². The lowest BCUT2D eigenvalue weighted by Crippen LogP contribution is -2.38. The van der Waals surface area contributed by atoms with Gasteiger partial charge in [0.25, 0.3) is 5.91 Å². The van der Waals surface area contributed by atoms with E-state index in [1.165, 1.54) is 7.11 Å². The normalized spacial score (nSPS) is 15.9. The summed E-state index contributed by atoms with van der Waals surface area (Å²) in [4.78, 5) is 19.0. The van der Waals surface area contributed by atoms with Crippen LogP contribution in [0.15, 0.2) is 29.4 Å². The molecule has 120 valence electrons. The number of rotatable bonds is 7. The topological polar surface area (TPSA) is 63.2 Å². The van der Waals surface area contributed by atoms with Crippen molar-refractivity contribution in [3.8, 4) is 0 Å². The quantitative estimate of drug-likeness (QED) is 0.466. The lowest BCUT2D eigenvalue weighted by molar-refractivity contribution is 0.0374. The number of nitrogens with zero attached hydrogens (tertiary/aromatic N) is 2. The average molecular weight is 305 g/mol. The zero-order chi connectivity index (χ0) is 15.6. The van der Waals surface area contributed by atoms with Gasteiger partial charge in [-0.15, -0.1) is 0 Å². The number of benzene rings is 1. The van der Waals surface area contributed by atoms with Crippen LogP contribution in [-0.4, -0.2) is 63.5 Å². The molecule has 2 rings (SSSR count). The van der Waals surface area contributed by atoms with Crippen molar-refractivity contribution in [2.75, 3.05) is 46.5 Å². The zero-order valence-corrected chi connectivity index (χ0v) is 13.0. The SMILES string of the molecule is CON=Cc1ccc(C(=O)NCCCN2CCOCC2)cc1. The second kappa shape index (κ2) is 9.17. The van der Waals surface area contributed by atoms with Gasteiger partial charge in [-0.05, 0) is 30.7 Å². The summed E-state index contributed by atoms with van der Waals surface area (Å²) in [6, 6.07) is 7.25. The van der Waals surface area contributed by atoms with Crippen LogP contribution < -0.4 is 5.32 Å². The van der Waals surface area contributed by atoms with Crippen LogP contribution in [0.25, 0.3) is 0 Å². The van der Waals surface area contributed by atoms with Crippen molar-refractivity contribution in [2.45, 2.75) is 6.42 Å². The molecule has 1 aliphatic heterocycles. The van der Waals surface area contributed by atoms with Gasteiger partial charge in [0.05, 0.1) is 19.4 Å². The summed E-state index contributed by atoms with van der Waals surface area (Å²) in [7, 11) is 1.50. The van der Waals surface area contributed by atoms with E-state index < -0.39 is 0 Å². The molecule has 0 spiro atoms. The van der Waals surface area contributed by atoms with E-state index in [1.54, 1.807) is 18.3 Å². The summed E-state index contributed by atoms with van der Waals surface area (Å²) >= 11 is 0. The second-order valence-electron chi connectivity index (χ2n) is 5.10. The molecule has 0 atom stereocenters. The van der Waals surface area contributed by atoms with Crippen molar-refractivity contribution in [2.24, 2.45) is 5.16 Å². The largest absolute Gasteiger partial charge is 0.399 e. The molecule has 0 aliphatic carbocycles. The van der Waals surface area contributed by atoms with E-state index in [4.69, 9.17) is 4.74 Å². The molecule has 1 aromatic carbocycles. The number of hydrogen-bond donors (Lipinski definition) is 1. The van der Waals surface area contributed by atoms with Gasteiger partial charge >= 0.3 is 0 Å². The highest BCUT2D eigenvalue weighted by molar-refractivity contribution is 5.94. The summed E-state index contributed by atoms with van der Waals surface area (Å²) in [6.45, 7) is 5.27. The van der Waals surface area contributed by atoms with Gasteiger partial charge in [0.2, 0.25) is 0 Å². The van der Waals surface area contributed by atoms with E-state index >= 15 is 0 Å². The van der Waals surface area contributed by atoms with Crippen molar-refractivity contribution in [1.29, 1.82) is 0 Å². The minimum atomic E-state index is -0.0443. The minimum absolute atomic E-state index is 0.0443. The van der Waals surface area contributed by atoms with Crippen molar-refractivity contribution in [3.05, 3.63) is 35.4 Å². The predicted molar refractivity (Wildman–Crippen MR) is 85.3 cm³/mol. The first-order valence-corrected chi connectivity index (χ1v) is 7.54. The summed E-state index contributed by atoms with van der Waals surface area (Å²) in [5.41, 5.74) is 1.55. The molecule has 6 nitrogen and oxygen atoms in total. The highest BCUT2D eigenvalue weighted by Gasteiger charge is 2.10. The van der Waals surface area contributed by atoms with E-state index in [-0.39, 0.29) is 5.91 Å². The van der Waals surface area contributed by atoms with Crippen LogP contribution in [0.5, 0.6) is 0 Å². The van der Waals surface area contributed by atoms with Gasteiger partial charge < -0.3 is 14.9 Å². The Balaban J connectivity index is 1.69. The fourth-order valence-corrected chi connectivity index (χ4v) is 2.27. The molecule has 0 aromatic heterocycles. The van der Waals surface area contributed by atoms with Crippen LogP contribution in [0, 0.1) is 0 Å². The van der Waals surface area contributed by atoms with Crippen LogP contribution in [0.2, 0.25) is 0 Å². The third kappa shape index (κ3) is 5.46. The van der Waals surface area contributed by atoms with Gasteiger partial charge in [-0.1, -0.05) is 17.3 Å². The van der Waals surface area contributed by atoms with Crippen molar-refractivity contribution in [3.63, 3.8) is 0 Å². The molecule has 1 amide bonds. The molecule has 0 saturated carbocycles. The highest BCUT2D eigenvalue weighted by atomic mass is 16.6. The third-order valence-corrected chi connectivity index (χ3v) is 3.52. The van der Waals surface area contributed by atoms with Crippen LogP contribution in [0.1, 0.15) is 22.3 Å². The Hall–Kier alpha value is -1.92. The molecule has 0 unspecified atom stereocenters. The Bertz CT molecular complexity index is 482. The van der Waals surface area contributed by atoms with Crippen molar-refractivity contribution >= 4 is 12.1 Å². The molecule has 0 radical (unpaired) electrons.